The summed E-state index contributed by atoms with van der Waals surface area (Å²) >= 11 is 9.35. The number of aromatic nitrogens is 1. The van der Waals surface area contributed by atoms with Gasteiger partial charge in [0, 0.05) is 42.8 Å². The van der Waals surface area contributed by atoms with Gasteiger partial charge < -0.3 is 9.80 Å². The molecule has 2 fully saturated rings. The van der Waals surface area contributed by atoms with Crippen LogP contribution in [0.5, 0.6) is 0 Å². The van der Waals surface area contributed by atoms with Crippen molar-refractivity contribution in [3.05, 3.63) is 27.5 Å². The van der Waals surface area contributed by atoms with Crippen LogP contribution in [0, 0.1) is 5.92 Å². The molecule has 0 aromatic carbocycles. The highest BCUT2D eigenvalue weighted by atomic mass is 79.9. The van der Waals surface area contributed by atoms with Crippen LogP contribution in [0.4, 0.5) is 0 Å². The monoisotopic (exact) mass is 399 g/mol. The maximum absolute atomic E-state index is 12.6. The lowest BCUT2D eigenvalue weighted by molar-refractivity contribution is -0.135. The quantitative estimate of drug-likeness (QED) is 0.717. The molecule has 0 aliphatic carbocycles. The summed E-state index contributed by atoms with van der Waals surface area (Å²) < 4.78 is 0.726. The SMILES string of the molecule is O=C(c1cc(Br)cnc1Cl)N1CCC(C(=O)N2CCCC2)CC1. The molecule has 2 amide bonds. The number of likely N-dealkylation sites (tertiary alicyclic amines) is 2. The zero-order valence-electron chi connectivity index (χ0n) is 12.8. The van der Waals surface area contributed by atoms with Crippen molar-refractivity contribution >= 4 is 39.3 Å². The summed E-state index contributed by atoms with van der Waals surface area (Å²) in [4.78, 5) is 32.8. The number of rotatable bonds is 2. The Balaban J connectivity index is 1.61. The standard InChI is InChI=1S/C16H19BrClN3O2/c17-12-9-13(14(18)19-10-12)16(23)21-7-3-11(4-8-21)15(22)20-5-1-2-6-20/h9-11H,1-8H2. The fourth-order valence-corrected chi connectivity index (χ4v) is 3.78. The molecule has 3 heterocycles. The molecule has 0 saturated carbocycles. The highest BCUT2D eigenvalue weighted by Gasteiger charge is 2.32. The highest BCUT2D eigenvalue weighted by molar-refractivity contribution is 9.10. The topological polar surface area (TPSA) is 53.5 Å². The molecule has 3 rings (SSSR count). The number of carbonyl (C=O) groups is 2. The molecule has 0 spiro atoms. The first-order valence-corrected chi connectivity index (χ1v) is 9.12. The molecule has 0 N–H and O–H groups in total. The van der Waals surface area contributed by atoms with Gasteiger partial charge >= 0.3 is 0 Å². The first-order chi connectivity index (χ1) is 11.1. The van der Waals surface area contributed by atoms with E-state index < -0.39 is 0 Å². The van der Waals surface area contributed by atoms with E-state index in [4.69, 9.17) is 11.6 Å². The van der Waals surface area contributed by atoms with Crippen LogP contribution in [-0.2, 0) is 4.79 Å². The lowest BCUT2D eigenvalue weighted by atomic mass is 9.95. The van der Waals surface area contributed by atoms with Gasteiger partial charge in [0.1, 0.15) is 5.15 Å². The van der Waals surface area contributed by atoms with Crippen molar-refractivity contribution in [3.8, 4) is 0 Å². The van der Waals surface area contributed by atoms with Crippen molar-refractivity contribution in [2.45, 2.75) is 25.7 Å². The maximum atomic E-state index is 12.6. The molecule has 7 heteroatoms. The minimum atomic E-state index is -0.115. The lowest BCUT2D eigenvalue weighted by Crippen LogP contribution is -2.43. The number of nitrogens with zero attached hydrogens (tertiary/aromatic N) is 3. The smallest absolute Gasteiger partial charge is 0.257 e. The summed E-state index contributed by atoms with van der Waals surface area (Å²) in [7, 11) is 0. The predicted molar refractivity (Wildman–Crippen MR) is 91.4 cm³/mol. The second-order valence-corrected chi connectivity index (χ2v) is 7.36. The van der Waals surface area contributed by atoms with Gasteiger partial charge in [-0.15, -0.1) is 0 Å². The summed E-state index contributed by atoms with van der Waals surface area (Å²) in [5.41, 5.74) is 0.408. The first kappa shape index (κ1) is 16.7. The summed E-state index contributed by atoms with van der Waals surface area (Å²) in [6.07, 6.45) is 5.23. The van der Waals surface area contributed by atoms with E-state index in [1.54, 1.807) is 17.2 Å². The van der Waals surface area contributed by atoms with Crippen LogP contribution in [-0.4, -0.2) is 52.8 Å². The van der Waals surface area contributed by atoms with Crippen molar-refractivity contribution in [3.63, 3.8) is 0 Å². The summed E-state index contributed by atoms with van der Waals surface area (Å²) in [6.45, 7) is 2.95. The van der Waals surface area contributed by atoms with Crippen LogP contribution in [0.2, 0.25) is 5.15 Å². The molecule has 23 heavy (non-hydrogen) atoms. The normalized spacial score (nSPS) is 19.2. The van der Waals surface area contributed by atoms with Gasteiger partial charge in [0.25, 0.3) is 5.91 Å². The minimum absolute atomic E-state index is 0.0493. The Morgan fingerprint density at radius 3 is 2.43 bits per heavy atom. The predicted octanol–water partition coefficient (Wildman–Crippen LogP) is 2.97. The number of amides is 2. The molecular formula is C16H19BrClN3O2. The second-order valence-electron chi connectivity index (χ2n) is 6.09. The third-order valence-electron chi connectivity index (χ3n) is 4.59. The van der Waals surface area contributed by atoms with Gasteiger partial charge in [0.15, 0.2) is 0 Å². The van der Waals surface area contributed by atoms with Crippen molar-refractivity contribution in [2.24, 2.45) is 5.92 Å². The maximum Gasteiger partial charge on any atom is 0.257 e. The number of carbonyl (C=O) groups excluding carboxylic acids is 2. The van der Waals surface area contributed by atoms with Crippen molar-refractivity contribution in [1.29, 1.82) is 0 Å². The third kappa shape index (κ3) is 3.69. The van der Waals surface area contributed by atoms with Gasteiger partial charge in [-0.25, -0.2) is 4.98 Å². The largest absolute Gasteiger partial charge is 0.342 e. The van der Waals surface area contributed by atoms with Gasteiger partial charge in [-0.05, 0) is 47.7 Å². The fraction of sp³-hybridized carbons (Fsp3) is 0.562. The Kier molecular flexibility index (Phi) is 5.21. The summed E-state index contributed by atoms with van der Waals surface area (Å²) in [5, 5.41) is 0.216. The van der Waals surface area contributed by atoms with Crippen LogP contribution in [0.1, 0.15) is 36.0 Å². The molecule has 5 nitrogen and oxygen atoms in total. The summed E-state index contributed by atoms with van der Waals surface area (Å²) in [6, 6.07) is 1.69. The third-order valence-corrected chi connectivity index (χ3v) is 5.32. The number of hydrogen-bond donors (Lipinski definition) is 0. The lowest BCUT2D eigenvalue weighted by Gasteiger charge is -2.33. The Morgan fingerprint density at radius 2 is 1.78 bits per heavy atom. The van der Waals surface area contributed by atoms with Crippen molar-refractivity contribution in [1.82, 2.24) is 14.8 Å². The molecule has 124 valence electrons. The fourth-order valence-electron chi connectivity index (χ4n) is 3.27. The number of piperidine rings is 1. The molecule has 2 aliphatic rings. The van der Waals surface area contributed by atoms with Gasteiger partial charge in [-0.2, -0.15) is 0 Å². The van der Waals surface area contributed by atoms with E-state index in [0.29, 0.717) is 18.7 Å². The van der Waals surface area contributed by atoms with E-state index >= 15 is 0 Å². The Morgan fingerprint density at radius 1 is 1.13 bits per heavy atom. The molecule has 0 atom stereocenters. The molecule has 1 aromatic heterocycles. The Hall–Kier alpha value is -1.14. The number of pyridine rings is 1. The molecule has 1 aromatic rings. The highest BCUT2D eigenvalue weighted by Crippen LogP contribution is 2.25. The molecule has 2 saturated heterocycles. The molecule has 0 unspecified atom stereocenters. The van der Waals surface area contributed by atoms with Gasteiger partial charge in [0.2, 0.25) is 5.91 Å². The van der Waals surface area contributed by atoms with Crippen molar-refractivity contribution < 1.29 is 9.59 Å². The van der Waals surface area contributed by atoms with Crippen molar-refractivity contribution in [2.75, 3.05) is 26.2 Å². The van der Waals surface area contributed by atoms with E-state index in [0.717, 1.165) is 43.2 Å². The average molecular weight is 401 g/mol. The van der Waals surface area contributed by atoms with E-state index in [2.05, 4.69) is 20.9 Å². The van der Waals surface area contributed by atoms with Gasteiger partial charge in [-0.3, -0.25) is 9.59 Å². The van der Waals surface area contributed by atoms with Crippen LogP contribution in [0.3, 0.4) is 0 Å². The molecule has 0 bridgehead atoms. The Labute approximate surface area is 149 Å². The molecule has 2 aliphatic heterocycles. The van der Waals surface area contributed by atoms with Crippen LogP contribution >= 0.6 is 27.5 Å². The van der Waals surface area contributed by atoms with Crippen LogP contribution < -0.4 is 0 Å². The van der Waals surface area contributed by atoms with E-state index in [1.807, 2.05) is 4.90 Å². The van der Waals surface area contributed by atoms with E-state index in [1.165, 1.54) is 0 Å². The van der Waals surface area contributed by atoms with E-state index in [-0.39, 0.29) is 22.9 Å². The first-order valence-electron chi connectivity index (χ1n) is 7.95. The Bertz CT molecular complexity index is 611. The van der Waals surface area contributed by atoms with Gasteiger partial charge in [-0.1, -0.05) is 11.6 Å². The van der Waals surface area contributed by atoms with Gasteiger partial charge in [0.05, 0.1) is 5.56 Å². The molecule has 0 radical (unpaired) electrons. The molecular weight excluding hydrogens is 382 g/mol. The number of hydrogen-bond acceptors (Lipinski definition) is 3. The van der Waals surface area contributed by atoms with Crippen LogP contribution in [0.15, 0.2) is 16.7 Å². The zero-order valence-corrected chi connectivity index (χ0v) is 15.1. The zero-order chi connectivity index (χ0) is 16.4. The second kappa shape index (κ2) is 7.18. The van der Waals surface area contributed by atoms with Crippen LogP contribution in [0.25, 0.3) is 0 Å². The van der Waals surface area contributed by atoms with E-state index in [9.17, 15) is 9.59 Å². The summed E-state index contributed by atoms with van der Waals surface area (Å²) in [5.74, 6) is 0.195. The average Bonchev–Trinajstić information content (AvgIpc) is 3.10. The number of halogens is 2. The minimum Gasteiger partial charge on any atom is -0.342 e.